The van der Waals surface area contributed by atoms with Gasteiger partial charge >= 0.3 is 0 Å². The molecule has 0 N–H and O–H groups in total. The lowest BCUT2D eigenvalue weighted by molar-refractivity contribution is -0.108. The highest BCUT2D eigenvalue weighted by Gasteiger charge is 1.98. The van der Waals surface area contributed by atoms with Crippen LogP contribution in [0.3, 0.4) is 0 Å². The molecule has 1 unspecified atom stereocenters. The van der Waals surface area contributed by atoms with Gasteiger partial charge in [0.1, 0.15) is 6.29 Å². The summed E-state index contributed by atoms with van der Waals surface area (Å²) < 4.78 is 4.92. The van der Waals surface area contributed by atoms with Gasteiger partial charge in [-0.2, -0.15) is 0 Å². The van der Waals surface area contributed by atoms with E-state index in [1.807, 2.05) is 0 Å². The third kappa shape index (κ3) is 3.91. The Morgan fingerprint density at radius 1 is 1.78 bits per heavy atom. The standard InChI is InChI=1S/C7H12O2/c1-3-7(9-2)5-4-6-8/h3,6-7H,1,4-5H2,2H3. The van der Waals surface area contributed by atoms with E-state index in [0.29, 0.717) is 6.42 Å². The van der Waals surface area contributed by atoms with Crippen LogP contribution < -0.4 is 0 Å². The number of hydrogen-bond donors (Lipinski definition) is 0. The lowest BCUT2D eigenvalue weighted by atomic mass is 10.2. The zero-order valence-corrected chi connectivity index (χ0v) is 5.67. The molecule has 0 fully saturated rings. The normalized spacial score (nSPS) is 12.6. The van der Waals surface area contributed by atoms with Gasteiger partial charge in [-0.25, -0.2) is 0 Å². The van der Waals surface area contributed by atoms with Crippen molar-refractivity contribution in [1.29, 1.82) is 0 Å². The second kappa shape index (κ2) is 5.51. The van der Waals surface area contributed by atoms with Crippen LogP contribution in [0, 0.1) is 0 Å². The fourth-order valence-corrected chi connectivity index (χ4v) is 0.564. The van der Waals surface area contributed by atoms with Crippen LogP contribution in [0.25, 0.3) is 0 Å². The van der Waals surface area contributed by atoms with Crippen LogP contribution in [-0.4, -0.2) is 19.5 Å². The van der Waals surface area contributed by atoms with Crippen molar-refractivity contribution < 1.29 is 9.53 Å². The Balaban J connectivity index is 3.30. The molecular formula is C7H12O2. The van der Waals surface area contributed by atoms with Crippen LogP contribution in [0.2, 0.25) is 0 Å². The first-order chi connectivity index (χ1) is 4.35. The largest absolute Gasteiger partial charge is 0.377 e. The van der Waals surface area contributed by atoms with E-state index in [1.54, 1.807) is 13.2 Å². The average Bonchev–Trinajstić information content (AvgIpc) is 1.91. The van der Waals surface area contributed by atoms with Gasteiger partial charge in [0.15, 0.2) is 0 Å². The Morgan fingerprint density at radius 3 is 2.78 bits per heavy atom. The van der Waals surface area contributed by atoms with E-state index in [4.69, 9.17) is 4.74 Å². The summed E-state index contributed by atoms with van der Waals surface area (Å²) in [7, 11) is 1.61. The van der Waals surface area contributed by atoms with Gasteiger partial charge in [0.25, 0.3) is 0 Å². The summed E-state index contributed by atoms with van der Waals surface area (Å²) in [5, 5.41) is 0. The molecule has 0 radical (unpaired) electrons. The second-order valence-electron chi connectivity index (χ2n) is 1.75. The highest BCUT2D eigenvalue weighted by atomic mass is 16.5. The molecule has 0 heterocycles. The molecule has 0 aliphatic carbocycles. The smallest absolute Gasteiger partial charge is 0.120 e. The number of methoxy groups -OCH3 is 1. The first kappa shape index (κ1) is 8.37. The maximum atomic E-state index is 9.85. The van der Waals surface area contributed by atoms with E-state index in [0.717, 1.165) is 12.7 Å². The fraction of sp³-hybridized carbons (Fsp3) is 0.571. The van der Waals surface area contributed by atoms with E-state index in [1.165, 1.54) is 0 Å². The molecule has 2 heteroatoms. The Hall–Kier alpha value is -0.630. The molecule has 9 heavy (non-hydrogen) atoms. The summed E-state index contributed by atoms with van der Waals surface area (Å²) in [6, 6.07) is 0. The molecule has 0 aromatic rings. The maximum absolute atomic E-state index is 9.85. The molecule has 0 aromatic carbocycles. The molecule has 0 aromatic heterocycles. The number of ether oxygens (including phenoxy) is 1. The monoisotopic (exact) mass is 128 g/mol. The lowest BCUT2D eigenvalue weighted by Crippen LogP contribution is -2.05. The van der Waals surface area contributed by atoms with Gasteiger partial charge in [0.05, 0.1) is 6.10 Å². The minimum atomic E-state index is 0.0372. The number of carbonyl (C=O) groups is 1. The third-order valence-corrected chi connectivity index (χ3v) is 1.13. The van der Waals surface area contributed by atoms with Crippen LogP contribution in [0.5, 0.6) is 0 Å². The molecule has 0 aliphatic rings. The minimum Gasteiger partial charge on any atom is -0.377 e. The van der Waals surface area contributed by atoms with Crippen molar-refractivity contribution in [2.75, 3.05) is 7.11 Å². The quantitative estimate of drug-likeness (QED) is 0.410. The maximum Gasteiger partial charge on any atom is 0.120 e. The molecule has 1 atom stereocenters. The number of rotatable bonds is 5. The van der Waals surface area contributed by atoms with E-state index >= 15 is 0 Å². The zero-order valence-electron chi connectivity index (χ0n) is 5.67. The van der Waals surface area contributed by atoms with Gasteiger partial charge in [0, 0.05) is 13.5 Å². The zero-order chi connectivity index (χ0) is 7.11. The Morgan fingerprint density at radius 2 is 2.44 bits per heavy atom. The average molecular weight is 128 g/mol. The highest BCUT2D eigenvalue weighted by Crippen LogP contribution is 1.99. The van der Waals surface area contributed by atoms with Gasteiger partial charge in [-0.3, -0.25) is 0 Å². The van der Waals surface area contributed by atoms with Gasteiger partial charge < -0.3 is 9.53 Å². The predicted octanol–water partition coefficient (Wildman–Crippen LogP) is 1.17. The molecule has 0 amide bonds. The van der Waals surface area contributed by atoms with E-state index in [2.05, 4.69) is 6.58 Å². The van der Waals surface area contributed by atoms with Crippen LogP contribution >= 0.6 is 0 Å². The fourth-order valence-electron chi connectivity index (χ4n) is 0.564. The Kier molecular flexibility index (Phi) is 5.12. The summed E-state index contributed by atoms with van der Waals surface area (Å²) in [6.45, 7) is 3.54. The molecular weight excluding hydrogens is 116 g/mol. The first-order valence-electron chi connectivity index (χ1n) is 2.94. The molecule has 0 saturated carbocycles. The van der Waals surface area contributed by atoms with Crippen molar-refractivity contribution >= 4 is 6.29 Å². The van der Waals surface area contributed by atoms with Gasteiger partial charge in [-0.15, -0.1) is 6.58 Å². The summed E-state index contributed by atoms with van der Waals surface area (Å²) >= 11 is 0. The number of aldehydes is 1. The van der Waals surface area contributed by atoms with Crippen molar-refractivity contribution in [3.63, 3.8) is 0 Å². The lowest BCUT2D eigenvalue weighted by Gasteiger charge is -2.05. The van der Waals surface area contributed by atoms with E-state index < -0.39 is 0 Å². The van der Waals surface area contributed by atoms with Gasteiger partial charge in [0.2, 0.25) is 0 Å². The topological polar surface area (TPSA) is 26.3 Å². The molecule has 52 valence electrons. The van der Waals surface area contributed by atoms with Crippen molar-refractivity contribution in [2.24, 2.45) is 0 Å². The van der Waals surface area contributed by atoms with Gasteiger partial charge in [-0.1, -0.05) is 6.08 Å². The summed E-state index contributed by atoms with van der Waals surface area (Å²) in [6.07, 6.45) is 3.91. The SMILES string of the molecule is C=CC(CCC=O)OC. The molecule has 0 rings (SSSR count). The van der Waals surface area contributed by atoms with E-state index in [-0.39, 0.29) is 6.10 Å². The molecule has 2 nitrogen and oxygen atoms in total. The number of hydrogen-bond acceptors (Lipinski definition) is 2. The summed E-state index contributed by atoms with van der Waals surface area (Å²) in [4.78, 5) is 9.85. The summed E-state index contributed by atoms with van der Waals surface area (Å²) in [5.41, 5.74) is 0. The highest BCUT2D eigenvalue weighted by molar-refractivity contribution is 5.49. The third-order valence-electron chi connectivity index (χ3n) is 1.13. The molecule has 0 spiro atoms. The number of carbonyl (C=O) groups excluding carboxylic acids is 1. The van der Waals surface area contributed by atoms with Crippen molar-refractivity contribution in [3.05, 3.63) is 12.7 Å². The van der Waals surface area contributed by atoms with Crippen LogP contribution in [0.15, 0.2) is 12.7 Å². The van der Waals surface area contributed by atoms with Crippen molar-refractivity contribution in [2.45, 2.75) is 18.9 Å². The first-order valence-corrected chi connectivity index (χ1v) is 2.94. The molecule has 0 saturated heterocycles. The van der Waals surface area contributed by atoms with Crippen molar-refractivity contribution in [1.82, 2.24) is 0 Å². The second-order valence-corrected chi connectivity index (χ2v) is 1.75. The van der Waals surface area contributed by atoms with Crippen LogP contribution in [0.4, 0.5) is 0 Å². The van der Waals surface area contributed by atoms with Crippen molar-refractivity contribution in [3.8, 4) is 0 Å². The summed E-state index contributed by atoms with van der Waals surface area (Å²) in [5.74, 6) is 0. The van der Waals surface area contributed by atoms with Gasteiger partial charge in [-0.05, 0) is 6.42 Å². The Labute approximate surface area is 55.5 Å². The minimum absolute atomic E-state index is 0.0372. The van der Waals surface area contributed by atoms with Crippen LogP contribution in [-0.2, 0) is 9.53 Å². The Bertz CT molecular complexity index is 88.9. The molecule has 0 aliphatic heterocycles. The predicted molar refractivity (Wildman–Crippen MR) is 36.3 cm³/mol. The van der Waals surface area contributed by atoms with E-state index in [9.17, 15) is 4.79 Å². The molecule has 0 bridgehead atoms. The van der Waals surface area contributed by atoms with Crippen LogP contribution in [0.1, 0.15) is 12.8 Å².